The van der Waals surface area contributed by atoms with Gasteiger partial charge in [-0.3, -0.25) is 9.59 Å². The van der Waals surface area contributed by atoms with Crippen molar-refractivity contribution >= 4 is 17.5 Å². The van der Waals surface area contributed by atoms with Gasteiger partial charge in [0.1, 0.15) is 0 Å². The molecule has 116 valence electrons. The van der Waals surface area contributed by atoms with Gasteiger partial charge in [0, 0.05) is 23.3 Å². The average molecular weight is 291 g/mol. The Morgan fingerprint density at radius 2 is 1.86 bits per heavy atom. The van der Waals surface area contributed by atoms with Gasteiger partial charge in [-0.05, 0) is 45.4 Å². The molecule has 0 aliphatic heterocycles. The monoisotopic (exact) mass is 291 g/mol. The van der Waals surface area contributed by atoms with Crippen LogP contribution in [-0.2, 0) is 4.79 Å². The maximum atomic E-state index is 12.0. The summed E-state index contributed by atoms with van der Waals surface area (Å²) in [6.07, 6.45) is 0.888. The van der Waals surface area contributed by atoms with Crippen LogP contribution in [0.25, 0.3) is 0 Å². The molecule has 0 heterocycles. The molecular formula is C16H25N3O2. The largest absolute Gasteiger partial charge is 0.376 e. The molecule has 1 rings (SSSR count). The van der Waals surface area contributed by atoms with E-state index >= 15 is 0 Å². The number of carbonyl (C=O) groups excluding carboxylic acids is 2. The van der Waals surface area contributed by atoms with Gasteiger partial charge in [-0.2, -0.15) is 0 Å². The minimum atomic E-state index is -0.0976. The van der Waals surface area contributed by atoms with Crippen LogP contribution < -0.4 is 16.0 Å². The van der Waals surface area contributed by atoms with Crippen molar-refractivity contribution in [2.24, 2.45) is 0 Å². The van der Waals surface area contributed by atoms with Crippen LogP contribution in [0.15, 0.2) is 24.3 Å². The lowest BCUT2D eigenvalue weighted by molar-refractivity contribution is -0.119. The summed E-state index contributed by atoms with van der Waals surface area (Å²) in [7, 11) is 0. The van der Waals surface area contributed by atoms with E-state index in [0.717, 1.165) is 12.1 Å². The fourth-order valence-electron chi connectivity index (χ4n) is 1.73. The van der Waals surface area contributed by atoms with E-state index in [1.165, 1.54) is 0 Å². The van der Waals surface area contributed by atoms with E-state index in [1.807, 2.05) is 33.8 Å². The van der Waals surface area contributed by atoms with Crippen LogP contribution in [0.2, 0.25) is 0 Å². The van der Waals surface area contributed by atoms with E-state index < -0.39 is 0 Å². The molecule has 21 heavy (non-hydrogen) atoms. The summed E-state index contributed by atoms with van der Waals surface area (Å²) >= 11 is 0. The zero-order valence-electron chi connectivity index (χ0n) is 13.2. The highest BCUT2D eigenvalue weighted by atomic mass is 16.2. The normalized spacial score (nSPS) is 11.9. The second kappa shape index (κ2) is 8.29. The molecule has 0 saturated heterocycles. The van der Waals surface area contributed by atoms with E-state index in [0.29, 0.717) is 5.56 Å². The first-order valence-corrected chi connectivity index (χ1v) is 7.36. The Kier molecular flexibility index (Phi) is 6.72. The lowest BCUT2D eigenvalue weighted by atomic mass is 10.1. The number of anilines is 1. The Hall–Kier alpha value is -2.04. The summed E-state index contributed by atoms with van der Waals surface area (Å²) in [6, 6.07) is 7.41. The highest BCUT2D eigenvalue weighted by molar-refractivity contribution is 5.95. The quantitative estimate of drug-likeness (QED) is 0.721. The van der Waals surface area contributed by atoms with Gasteiger partial charge < -0.3 is 16.0 Å². The van der Waals surface area contributed by atoms with Crippen molar-refractivity contribution in [1.29, 1.82) is 0 Å². The molecule has 1 atom stereocenters. The molecule has 0 spiro atoms. The van der Waals surface area contributed by atoms with Crippen molar-refractivity contribution in [2.75, 3.05) is 11.9 Å². The minimum absolute atomic E-state index is 0.0699. The van der Waals surface area contributed by atoms with Gasteiger partial charge in [0.05, 0.1) is 6.54 Å². The van der Waals surface area contributed by atoms with Crippen molar-refractivity contribution in [3.05, 3.63) is 29.8 Å². The Morgan fingerprint density at radius 3 is 2.48 bits per heavy atom. The molecule has 0 aromatic heterocycles. The van der Waals surface area contributed by atoms with E-state index in [2.05, 4.69) is 16.0 Å². The molecular weight excluding hydrogens is 266 g/mol. The highest BCUT2D eigenvalue weighted by Crippen LogP contribution is 2.10. The number of nitrogens with one attached hydrogen (secondary N) is 3. The number of carbonyl (C=O) groups is 2. The average Bonchev–Trinajstić information content (AvgIpc) is 2.44. The van der Waals surface area contributed by atoms with Gasteiger partial charge in [-0.1, -0.05) is 13.0 Å². The minimum Gasteiger partial charge on any atom is -0.376 e. The number of hydrogen-bond donors (Lipinski definition) is 3. The Bertz CT molecular complexity index is 486. The van der Waals surface area contributed by atoms with Gasteiger partial charge in [0.25, 0.3) is 5.91 Å². The van der Waals surface area contributed by atoms with Crippen molar-refractivity contribution < 1.29 is 9.59 Å². The summed E-state index contributed by atoms with van der Waals surface area (Å²) < 4.78 is 0. The molecule has 2 amide bonds. The molecule has 0 radical (unpaired) electrons. The lowest BCUT2D eigenvalue weighted by Crippen LogP contribution is -2.35. The zero-order valence-corrected chi connectivity index (χ0v) is 13.2. The predicted octanol–water partition coefficient (Wildman–Crippen LogP) is 2.15. The predicted molar refractivity (Wildman–Crippen MR) is 85.4 cm³/mol. The standard InChI is InChI=1S/C16H25N3O2/c1-5-12(4)19-16(21)13-7-6-8-14(9-13)17-10-15(20)18-11(2)3/h6-9,11-12,17H,5,10H2,1-4H3,(H,18,20)(H,19,21). The third-order valence-corrected chi connectivity index (χ3v) is 3.02. The molecule has 0 aliphatic rings. The van der Waals surface area contributed by atoms with Crippen LogP contribution in [0.3, 0.4) is 0 Å². The lowest BCUT2D eigenvalue weighted by Gasteiger charge is -2.13. The molecule has 0 saturated carbocycles. The summed E-state index contributed by atoms with van der Waals surface area (Å²) in [4.78, 5) is 23.6. The fraction of sp³-hybridized carbons (Fsp3) is 0.500. The fourth-order valence-corrected chi connectivity index (χ4v) is 1.73. The molecule has 5 nitrogen and oxygen atoms in total. The van der Waals surface area contributed by atoms with E-state index in [-0.39, 0.29) is 30.4 Å². The number of benzene rings is 1. The maximum absolute atomic E-state index is 12.0. The van der Waals surface area contributed by atoms with E-state index in [1.54, 1.807) is 18.2 Å². The molecule has 1 aromatic carbocycles. The maximum Gasteiger partial charge on any atom is 0.251 e. The zero-order chi connectivity index (χ0) is 15.8. The second-order valence-corrected chi connectivity index (χ2v) is 5.44. The summed E-state index contributed by atoms with van der Waals surface area (Å²) in [5.74, 6) is -0.168. The van der Waals surface area contributed by atoms with Gasteiger partial charge in [0.15, 0.2) is 0 Å². The van der Waals surface area contributed by atoms with Crippen molar-refractivity contribution in [2.45, 2.75) is 46.2 Å². The third-order valence-electron chi connectivity index (χ3n) is 3.02. The van der Waals surface area contributed by atoms with Crippen molar-refractivity contribution in [1.82, 2.24) is 10.6 Å². The molecule has 3 N–H and O–H groups in total. The SMILES string of the molecule is CCC(C)NC(=O)c1cccc(NCC(=O)NC(C)C)c1. The molecule has 0 fully saturated rings. The highest BCUT2D eigenvalue weighted by Gasteiger charge is 2.09. The van der Waals surface area contributed by atoms with Crippen molar-refractivity contribution in [3.63, 3.8) is 0 Å². The van der Waals surface area contributed by atoms with Crippen LogP contribution in [0.4, 0.5) is 5.69 Å². The first-order valence-electron chi connectivity index (χ1n) is 7.36. The number of hydrogen-bond acceptors (Lipinski definition) is 3. The van der Waals surface area contributed by atoms with Crippen LogP contribution >= 0.6 is 0 Å². The topological polar surface area (TPSA) is 70.2 Å². The molecule has 0 bridgehead atoms. The van der Waals surface area contributed by atoms with Gasteiger partial charge in [-0.15, -0.1) is 0 Å². The number of rotatable bonds is 7. The van der Waals surface area contributed by atoms with Gasteiger partial charge in [0.2, 0.25) is 5.91 Å². The molecule has 0 aliphatic carbocycles. The van der Waals surface area contributed by atoms with E-state index in [4.69, 9.17) is 0 Å². The first kappa shape index (κ1) is 17.0. The van der Waals surface area contributed by atoms with Crippen molar-refractivity contribution in [3.8, 4) is 0 Å². The molecule has 1 unspecified atom stereocenters. The van der Waals surface area contributed by atoms with Crippen LogP contribution in [0.1, 0.15) is 44.5 Å². The summed E-state index contributed by atoms with van der Waals surface area (Å²) in [6.45, 7) is 8.01. The first-order chi connectivity index (χ1) is 9.92. The second-order valence-electron chi connectivity index (χ2n) is 5.44. The summed E-state index contributed by atoms with van der Waals surface area (Å²) in [5.41, 5.74) is 1.34. The van der Waals surface area contributed by atoms with Crippen LogP contribution in [-0.4, -0.2) is 30.4 Å². The number of amides is 2. The van der Waals surface area contributed by atoms with E-state index in [9.17, 15) is 9.59 Å². The van der Waals surface area contributed by atoms with Gasteiger partial charge >= 0.3 is 0 Å². The van der Waals surface area contributed by atoms with Gasteiger partial charge in [-0.25, -0.2) is 0 Å². The van der Waals surface area contributed by atoms with Crippen LogP contribution in [0.5, 0.6) is 0 Å². The smallest absolute Gasteiger partial charge is 0.251 e. The van der Waals surface area contributed by atoms with Crippen LogP contribution in [0, 0.1) is 0 Å². The Balaban J connectivity index is 2.60. The molecule has 5 heteroatoms. The Morgan fingerprint density at radius 1 is 1.14 bits per heavy atom. The Labute approximate surface area is 126 Å². The third kappa shape index (κ3) is 6.29. The molecule has 1 aromatic rings. The summed E-state index contributed by atoms with van der Waals surface area (Å²) in [5, 5.41) is 8.74.